The Labute approximate surface area is 95.8 Å². The second kappa shape index (κ2) is 4.86. The first-order valence-electron chi connectivity index (χ1n) is 5.79. The number of β-lactam (4-membered cyclic amide) rings is 1. The molecule has 2 aliphatic heterocycles. The lowest BCUT2D eigenvalue weighted by molar-refractivity contribution is -0.316. The van der Waals surface area contributed by atoms with Gasteiger partial charge in [-0.25, -0.2) is 9.90 Å². The molecule has 0 aromatic rings. The lowest BCUT2D eigenvalue weighted by Crippen LogP contribution is -2.60. The van der Waals surface area contributed by atoms with Crippen LogP contribution in [-0.4, -0.2) is 29.9 Å². The first-order valence-corrected chi connectivity index (χ1v) is 5.79. The Bertz CT molecular complexity index is 304. The zero-order chi connectivity index (χ0) is 11.5. The van der Waals surface area contributed by atoms with Gasteiger partial charge in [-0.2, -0.15) is 0 Å². The molecule has 1 unspecified atom stereocenters. The minimum atomic E-state index is -0.257. The molecule has 4 heteroatoms. The SMILES string of the molecule is C#CC[C@H]1C(=O)N(OC2CCCCO2)[C@H]1C. The third kappa shape index (κ3) is 2.06. The first kappa shape index (κ1) is 11.4. The topological polar surface area (TPSA) is 38.8 Å². The van der Waals surface area contributed by atoms with Crippen molar-refractivity contribution in [1.29, 1.82) is 0 Å². The molecule has 0 radical (unpaired) electrons. The molecule has 2 saturated heterocycles. The Hall–Kier alpha value is -1.05. The molecule has 0 N–H and O–H groups in total. The maximum absolute atomic E-state index is 11.7. The van der Waals surface area contributed by atoms with Gasteiger partial charge in [-0.15, -0.1) is 12.3 Å². The molecule has 4 nitrogen and oxygen atoms in total. The maximum Gasteiger partial charge on any atom is 0.252 e. The molecule has 88 valence electrons. The number of carbonyl (C=O) groups is 1. The average Bonchev–Trinajstić information content (AvgIpc) is 2.34. The second-order valence-electron chi connectivity index (χ2n) is 4.32. The van der Waals surface area contributed by atoms with Gasteiger partial charge in [0.2, 0.25) is 0 Å². The maximum atomic E-state index is 11.7. The standard InChI is InChI=1S/C12H17NO3/c1-3-6-10-9(2)13(12(10)14)16-11-7-4-5-8-15-11/h1,9-11H,4-8H2,2H3/t9-,10+,11?/m0/s1. The highest BCUT2D eigenvalue weighted by atomic mass is 16.8. The fourth-order valence-electron chi connectivity index (χ4n) is 2.11. The Morgan fingerprint density at radius 3 is 3.00 bits per heavy atom. The number of hydrogen-bond donors (Lipinski definition) is 0. The second-order valence-corrected chi connectivity index (χ2v) is 4.32. The van der Waals surface area contributed by atoms with Crippen molar-refractivity contribution in [3.63, 3.8) is 0 Å². The summed E-state index contributed by atoms with van der Waals surface area (Å²) in [7, 11) is 0. The molecule has 2 aliphatic rings. The van der Waals surface area contributed by atoms with Crippen LogP contribution in [0.25, 0.3) is 0 Å². The zero-order valence-electron chi connectivity index (χ0n) is 9.52. The highest BCUT2D eigenvalue weighted by molar-refractivity contribution is 5.85. The third-order valence-electron chi connectivity index (χ3n) is 3.19. The van der Waals surface area contributed by atoms with Crippen LogP contribution in [0.2, 0.25) is 0 Å². The molecule has 0 spiro atoms. The molecule has 16 heavy (non-hydrogen) atoms. The third-order valence-corrected chi connectivity index (χ3v) is 3.19. The van der Waals surface area contributed by atoms with Crippen LogP contribution < -0.4 is 0 Å². The molecular formula is C12H17NO3. The molecule has 0 aromatic carbocycles. The summed E-state index contributed by atoms with van der Waals surface area (Å²) in [5, 5.41) is 1.41. The molecular weight excluding hydrogens is 206 g/mol. The number of nitrogens with zero attached hydrogens (tertiary/aromatic N) is 1. The number of terminal acetylenes is 1. The van der Waals surface area contributed by atoms with E-state index < -0.39 is 0 Å². The van der Waals surface area contributed by atoms with Crippen LogP contribution in [0.5, 0.6) is 0 Å². The zero-order valence-corrected chi connectivity index (χ0v) is 9.52. The minimum Gasteiger partial charge on any atom is -0.350 e. The van der Waals surface area contributed by atoms with Crippen LogP contribution in [0, 0.1) is 18.3 Å². The monoisotopic (exact) mass is 223 g/mol. The predicted octanol–water partition coefficient (Wildman–Crippen LogP) is 1.31. The Kier molecular flexibility index (Phi) is 3.47. The van der Waals surface area contributed by atoms with E-state index in [2.05, 4.69) is 5.92 Å². The summed E-state index contributed by atoms with van der Waals surface area (Å²) in [5.41, 5.74) is 0. The highest BCUT2D eigenvalue weighted by Crippen LogP contribution is 2.31. The van der Waals surface area contributed by atoms with Gasteiger partial charge in [-0.1, -0.05) is 0 Å². The van der Waals surface area contributed by atoms with E-state index in [-0.39, 0.29) is 24.2 Å². The summed E-state index contributed by atoms with van der Waals surface area (Å²) in [6.07, 6.45) is 8.46. The summed E-state index contributed by atoms with van der Waals surface area (Å²) in [6, 6.07) is 0.0640. The Balaban J connectivity index is 1.83. The van der Waals surface area contributed by atoms with Crippen LogP contribution in [0.1, 0.15) is 32.6 Å². The van der Waals surface area contributed by atoms with Crippen LogP contribution in [0.4, 0.5) is 0 Å². The molecule has 3 atom stereocenters. The van der Waals surface area contributed by atoms with Gasteiger partial charge < -0.3 is 4.74 Å². The van der Waals surface area contributed by atoms with Crippen molar-refractivity contribution in [1.82, 2.24) is 5.06 Å². The fourth-order valence-corrected chi connectivity index (χ4v) is 2.11. The van der Waals surface area contributed by atoms with E-state index in [0.717, 1.165) is 25.9 Å². The number of ether oxygens (including phenoxy) is 1. The van der Waals surface area contributed by atoms with Crippen LogP contribution in [0.3, 0.4) is 0 Å². The van der Waals surface area contributed by atoms with E-state index >= 15 is 0 Å². The summed E-state index contributed by atoms with van der Waals surface area (Å²) in [4.78, 5) is 17.2. The van der Waals surface area contributed by atoms with E-state index in [4.69, 9.17) is 16.0 Å². The van der Waals surface area contributed by atoms with Gasteiger partial charge in [0.15, 0.2) is 6.29 Å². The normalized spacial score (nSPS) is 34.4. The average molecular weight is 223 g/mol. The van der Waals surface area contributed by atoms with Crippen molar-refractivity contribution in [2.75, 3.05) is 6.61 Å². The van der Waals surface area contributed by atoms with Gasteiger partial charge in [-0.3, -0.25) is 4.79 Å². The molecule has 0 bridgehead atoms. The predicted molar refractivity (Wildman–Crippen MR) is 57.9 cm³/mol. The fraction of sp³-hybridized carbons (Fsp3) is 0.750. The molecule has 0 saturated carbocycles. The van der Waals surface area contributed by atoms with Gasteiger partial charge in [0.25, 0.3) is 5.91 Å². The lowest BCUT2D eigenvalue weighted by atomic mass is 9.88. The van der Waals surface area contributed by atoms with Crippen LogP contribution in [-0.2, 0) is 14.4 Å². The minimum absolute atomic E-state index is 0.0142. The molecule has 0 aromatic heterocycles. The quantitative estimate of drug-likeness (QED) is 0.535. The van der Waals surface area contributed by atoms with Crippen molar-refractivity contribution < 1.29 is 14.4 Å². The summed E-state index contributed by atoms with van der Waals surface area (Å²) in [6.45, 7) is 2.67. The van der Waals surface area contributed by atoms with Crippen molar-refractivity contribution >= 4 is 5.91 Å². The lowest BCUT2D eigenvalue weighted by Gasteiger charge is -2.44. The van der Waals surface area contributed by atoms with Crippen LogP contribution in [0.15, 0.2) is 0 Å². The highest BCUT2D eigenvalue weighted by Gasteiger charge is 2.46. The van der Waals surface area contributed by atoms with Gasteiger partial charge in [0.1, 0.15) is 0 Å². The van der Waals surface area contributed by atoms with E-state index in [0.29, 0.717) is 6.42 Å². The van der Waals surface area contributed by atoms with Crippen molar-refractivity contribution in [2.45, 2.75) is 44.9 Å². The number of hydrogen-bond acceptors (Lipinski definition) is 3. The number of hydroxylamine groups is 2. The van der Waals surface area contributed by atoms with Crippen molar-refractivity contribution in [2.24, 2.45) is 5.92 Å². The van der Waals surface area contributed by atoms with Gasteiger partial charge in [-0.05, 0) is 19.8 Å². The molecule has 2 heterocycles. The van der Waals surface area contributed by atoms with Gasteiger partial charge in [0, 0.05) is 19.4 Å². The van der Waals surface area contributed by atoms with E-state index in [9.17, 15) is 4.79 Å². The molecule has 0 aliphatic carbocycles. The molecule has 1 amide bonds. The van der Waals surface area contributed by atoms with E-state index in [1.807, 2.05) is 6.92 Å². The van der Waals surface area contributed by atoms with E-state index in [1.54, 1.807) is 0 Å². The molecule has 2 rings (SSSR count). The summed E-state index contributed by atoms with van der Waals surface area (Å²) >= 11 is 0. The number of rotatable bonds is 3. The Morgan fingerprint density at radius 2 is 2.44 bits per heavy atom. The number of amides is 1. The molecule has 2 fully saturated rings. The number of carbonyl (C=O) groups excluding carboxylic acids is 1. The largest absolute Gasteiger partial charge is 0.350 e. The smallest absolute Gasteiger partial charge is 0.252 e. The van der Waals surface area contributed by atoms with Gasteiger partial charge >= 0.3 is 0 Å². The van der Waals surface area contributed by atoms with Crippen LogP contribution >= 0.6 is 0 Å². The van der Waals surface area contributed by atoms with Crippen molar-refractivity contribution in [3.8, 4) is 12.3 Å². The van der Waals surface area contributed by atoms with E-state index in [1.165, 1.54) is 5.06 Å². The summed E-state index contributed by atoms with van der Waals surface area (Å²) < 4.78 is 5.42. The van der Waals surface area contributed by atoms with Gasteiger partial charge in [0.05, 0.1) is 12.0 Å². The first-order chi connectivity index (χ1) is 7.74. The Morgan fingerprint density at radius 1 is 1.62 bits per heavy atom. The van der Waals surface area contributed by atoms with Crippen molar-refractivity contribution in [3.05, 3.63) is 0 Å². The summed E-state index contributed by atoms with van der Waals surface area (Å²) in [5.74, 6) is 2.43.